The van der Waals surface area contributed by atoms with Crippen LogP contribution < -0.4 is 15.5 Å². The summed E-state index contributed by atoms with van der Waals surface area (Å²) in [7, 11) is 6.81. The number of benzene rings is 1. The number of aromatic hydroxyl groups is 1. The summed E-state index contributed by atoms with van der Waals surface area (Å²) in [5, 5.41) is 11.7. The molecule has 0 bridgehead atoms. The number of anilines is 1. The minimum absolute atomic E-state index is 0.0296. The van der Waals surface area contributed by atoms with Crippen LogP contribution in [0.4, 0.5) is 18.9 Å². The van der Waals surface area contributed by atoms with Gasteiger partial charge in [-0.15, -0.1) is 4.72 Å². The van der Waals surface area contributed by atoms with Gasteiger partial charge in [0, 0.05) is 13.1 Å². The number of carbonyl (C=O) groups is 1. The third kappa shape index (κ3) is 4.42. The van der Waals surface area contributed by atoms with Crippen LogP contribution in [0.3, 0.4) is 0 Å². The van der Waals surface area contributed by atoms with Gasteiger partial charge in [-0.05, 0) is 26.2 Å². The van der Waals surface area contributed by atoms with Gasteiger partial charge in [0.2, 0.25) is 5.82 Å². The molecule has 2 rings (SSSR count). The number of halogens is 3. The molecule has 0 aliphatic carbocycles. The maximum Gasteiger partial charge on any atom is 0.272 e. The van der Waals surface area contributed by atoms with Crippen LogP contribution in [-0.2, 0) is 18.4 Å². The lowest BCUT2D eigenvalue weighted by atomic mass is 9.92. The third-order valence-electron chi connectivity index (χ3n) is 3.40. The smallest absolute Gasteiger partial charge is 0.272 e. The molecule has 1 amide bonds. The summed E-state index contributed by atoms with van der Waals surface area (Å²) in [4.78, 5) is 12.7. The number of carbonyl (C=O) groups excluding carboxylic acids is 1. The molecule has 11 heteroatoms. The number of amides is 1. The maximum absolute atomic E-state index is 13.6. The number of phenolic OH excluding ortho intramolecular Hbond substituents is 1. The van der Waals surface area contributed by atoms with Crippen LogP contribution in [0.2, 0.25) is 0 Å². The highest BCUT2D eigenvalue weighted by Gasteiger charge is 2.27. The van der Waals surface area contributed by atoms with Crippen LogP contribution in [-0.4, -0.2) is 33.5 Å². The van der Waals surface area contributed by atoms with Gasteiger partial charge in [0.05, 0.1) is 28.8 Å². The molecule has 2 radical (unpaired) electrons. The SMILES string of the molecule is [B]c1c(F)c(F)c(F)c(O)c1NC(=O)c1cc([S+]([O-])NC(C)(C)C)cn1C. The molecule has 1 aromatic carbocycles. The molecule has 27 heavy (non-hydrogen) atoms. The summed E-state index contributed by atoms with van der Waals surface area (Å²) < 4.78 is 56.8. The predicted molar refractivity (Wildman–Crippen MR) is 96.0 cm³/mol. The summed E-state index contributed by atoms with van der Waals surface area (Å²) in [6.45, 7) is 5.43. The second-order valence-corrected chi connectivity index (χ2v) is 8.04. The number of rotatable bonds is 4. The largest absolute Gasteiger partial charge is 0.593 e. The van der Waals surface area contributed by atoms with Crippen molar-refractivity contribution in [2.45, 2.75) is 31.2 Å². The van der Waals surface area contributed by atoms with Crippen LogP contribution in [0, 0.1) is 17.5 Å². The fourth-order valence-electron chi connectivity index (χ4n) is 2.17. The molecule has 0 aliphatic heterocycles. The van der Waals surface area contributed by atoms with E-state index in [-0.39, 0.29) is 10.6 Å². The Labute approximate surface area is 158 Å². The lowest BCUT2D eigenvalue weighted by Gasteiger charge is -2.20. The standard InChI is InChI=1S/C16H17BF3N3O3S/c1-16(2,3)22-27(26)7-5-8(23(4)6-7)15(25)21-13-9(17)10(18)11(19)12(20)14(13)24/h5-6,22,24H,1-4H3,(H,21,25). The molecule has 0 saturated carbocycles. The molecule has 144 valence electrons. The first kappa shape index (κ1) is 21.2. The van der Waals surface area contributed by atoms with E-state index >= 15 is 0 Å². The third-order valence-corrected chi connectivity index (χ3v) is 4.85. The number of nitrogens with zero attached hydrogens (tertiary/aromatic N) is 1. The van der Waals surface area contributed by atoms with Crippen molar-refractivity contribution in [2.75, 3.05) is 5.32 Å². The van der Waals surface area contributed by atoms with E-state index in [1.54, 1.807) is 0 Å². The quantitative estimate of drug-likeness (QED) is 0.316. The normalized spacial score (nSPS) is 12.9. The lowest BCUT2D eigenvalue weighted by Crippen LogP contribution is -2.40. The van der Waals surface area contributed by atoms with Crippen molar-refractivity contribution in [3.63, 3.8) is 0 Å². The summed E-state index contributed by atoms with van der Waals surface area (Å²) >= 11 is -1.62. The molecule has 1 unspecified atom stereocenters. The van der Waals surface area contributed by atoms with Gasteiger partial charge in [-0.25, -0.2) is 8.78 Å². The highest BCUT2D eigenvalue weighted by molar-refractivity contribution is 7.89. The molecule has 0 spiro atoms. The van der Waals surface area contributed by atoms with Crippen molar-refractivity contribution in [2.24, 2.45) is 7.05 Å². The van der Waals surface area contributed by atoms with Gasteiger partial charge in [0.1, 0.15) is 13.5 Å². The predicted octanol–water partition coefficient (Wildman–Crippen LogP) is 1.60. The van der Waals surface area contributed by atoms with E-state index in [1.165, 1.54) is 23.9 Å². The van der Waals surface area contributed by atoms with E-state index in [2.05, 4.69) is 4.72 Å². The summed E-state index contributed by atoms with van der Waals surface area (Å²) in [5.41, 5.74) is -2.23. The fraction of sp³-hybridized carbons (Fsp3) is 0.312. The van der Waals surface area contributed by atoms with Gasteiger partial charge in [-0.2, -0.15) is 4.39 Å². The van der Waals surface area contributed by atoms with Gasteiger partial charge < -0.3 is 19.5 Å². The minimum atomic E-state index is -1.95. The van der Waals surface area contributed by atoms with E-state index in [0.29, 0.717) is 0 Å². The van der Waals surface area contributed by atoms with Crippen LogP contribution in [0.1, 0.15) is 31.3 Å². The monoisotopic (exact) mass is 399 g/mol. The zero-order valence-corrected chi connectivity index (χ0v) is 15.8. The van der Waals surface area contributed by atoms with Gasteiger partial charge in [0.25, 0.3) is 5.91 Å². The molecule has 1 aromatic heterocycles. The molecule has 6 nitrogen and oxygen atoms in total. The molecule has 3 N–H and O–H groups in total. The first-order valence-electron chi connectivity index (χ1n) is 7.65. The van der Waals surface area contributed by atoms with E-state index in [4.69, 9.17) is 7.85 Å². The molecular weight excluding hydrogens is 382 g/mol. The van der Waals surface area contributed by atoms with E-state index in [1.807, 2.05) is 26.1 Å². The Morgan fingerprint density at radius 1 is 1.26 bits per heavy atom. The molecule has 0 saturated heterocycles. The average molecular weight is 399 g/mol. The molecular formula is C16H17BF3N3O3S. The number of hydrogen-bond donors (Lipinski definition) is 3. The van der Waals surface area contributed by atoms with Crippen molar-refractivity contribution in [1.82, 2.24) is 9.29 Å². The average Bonchev–Trinajstić information content (AvgIpc) is 2.95. The second kappa shape index (κ2) is 7.49. The molecule has 2 aromatic rings. The first-order valence-corrected chi connectivity index (χ1v) is 8.80. The van der Waals surface area contributed by atoms with Crippen molar-refractivity contribution in [3.8, 4) is 5.75 Å². The van der Waals surface area contributed by atoms with Crippen molar-refractivity contribution < 1.29 is 27.6 Å². The van der Waals surface area contributed by atoms with Crippen molar-refractivity contribution in [3.05, 3.63) is 35.4 Å². The Kier molecular flexibility index (Phi) is 5.88. The summed E-state index contributed by atoms with van der Waals surface area (Å²) in [6.07, 6.45) is 1.43. The van der Waals surface area contributed by atoms with E-state index in [9.17, 15) is 27.6 Å². The highest BCUT2D eigenvalue weighted by Crippen LogP contribution is 2.29. The van der Waals surface area contributed by atoms with Crippen LogP contribution >= 0.6 is 0 Å². The highest BCUT2D eigenvalue weighted by atomic mass is 32.2. The molecule has 0 fully saturated rings. The van der Waals surface area contributed by atoms with E-state index in [0.717, 1.165) is 0 Å². The maximum atomic E-state index is 13.6. The van der Waals surface area contributed by atoms with Crippen molar-refractivity contribution >= 4 is 36.3 Å². The number of aryl methyl sites for hydroxylation is 1. The minimum Gasteiger partial charge on any atom is -0.593 e. The van der Waals surface area contributed by atoms with Crippen LogP contribution in [0.15, 0.2) is 17.2 Å². The van der Waals surface area contributed by atoms with Gasteiger partial charge in [-0.3, -0.25) is 4.79 Å². The second-order valence-electron chi connectivity index (χ2n) is 6.83. The summed E-state index contributed by atoms with van der Waals surface area (Å²) in [6, 6.07) is 1.30. The van der Waals surface area contributed by atoms with Gasteiger partial charge >= 0.3 is 0 Å². The Bertz CT molecular complexity index is 870. The number of hydrogen-bond acceptors (Lipinski definition) is 4. The Morgan fingerprint density at radius 2 is 1.85 bits per heavy atom. The Balaban J connectivity index is 2.33. The lowest BCUT2D eigenvalue weighted by molar-refractivity contribution is 0.101. The Morgan fingerprint density at radius 3 is 2.41 bits per heavy atom. The van der Waals surface area contributed by atoms with E-state index < -0.39 is 57.2 Å². The zero-order valence-electron chi connectivity index (χ0n) is 15.0. The number of nitrogens with one attached hydrogen (secondary N) is 2. The van der Waals surface area contributed by atoms with Gasteiger partial charge in [-0.1, -0.05) is 0 Å². The molecule has 0 aliphatic rings. The number of aromatic nitrogens is 1. The topological polar surface area (TPSA) is 89.3 Å². The van der Waals surface area contributed by atoms with Gasteiger partial charge in [0.15, 0.2) is 22.3 Å². The molecule has 1 atom stereocenters. The van der Waals surface area contributed by atoms with Crippen molar-refractivity contribution in [1.29, 1.82) is 0 Å². The van der Waals surface area contributed by atoms with Crippen LogP contribution in [0.25, 0.3) is 0 Å². The van der Waals surface area contributed by atoms with Crippen LogP contribution in [0.5, 0.6) is 5.75 Å². The Hall–Kier alpha value is -2.11. The molecule has 1 heterocycles. The number of phenols is 1. The fourth-order valence-corrected chi connectivity index (χ4v) is 3.31. The first-order chi connectivity index (χ1) is 12.3. The summed E-state index contributed by atoms with van der Waals surface area (Å²) in [5.74, 6) is -7.78. The zero-order chi connectivity index (χ0) is 20.7.